The van der Waals surface area contributed by atoms with Crippen LogP contribution in [0.25, 0.3) is 0 Å². The molecule has 7 heteroatoms. The van der Waals surface area contributed by atoms with Crippen molar-refractivity contribution in [1.82, 2.24) is 10.3 Å². The Morgan fingerprint density at radius 3 is 2.92 bits per heavy atom. The summed E-state index contributed by atoms with van der Waals surface area (Å²) < 4.78 is 10.6. The quantitative estimate of drug-likeness (QED) is 0.830. The Hall–Kier alpha value is -2.93. The molecule has 0 spiro atoms. The normalized spacial score (nSPS) is 16.1. The molecule has 0 saturated carbocycles. The third-order valence-corrected chi connectivity index (χ3v) is 4.10. The molecule has 1 aromatic carbocycles. The number of ether oxygens (including phenoxy) is 2. The van der Waals surface area contributed by atoms with Gasteiger partial charge in [0.05, 0.1) is 13.2 Å². The molecule has 7 nitrogen and oxygen atoms in total. The zero-order valence-corrected chi connectivity index (χ0v) is 14.5. The predicted octanol–water partition coefficient (Wildman–Crippen LogP) is 2.25. The van der Waals surface area contributed by atoms with Crippen LogP contribution in [0.1, 0.15) is 33.7 Å². The number of nitrogens with zero attached hydrogens (tertiary/aromatic N) is 1. The largest absolute Gasteiger partial charge is 0.497 e. The minimum absolute atomic E-state index is 0.0663. The van der Waals surface area contributed by atoms with Crippen LogP contribution in [0, 0.1) is 0 Å². The van der Waals surface area contributed by atoms with Gasteiger partial charge in [0.2, 0.25) is 0 Å². The van der Waals surface area contributed by atoms with Crippen molar-refractivity contribution in [2.75, 3.05) is 25.6 Å². The van der Waals surface area contributed by atoms with Gasteiger partial charge in [0.15, 0.2) is 0 Å². The second-order valence-electron chi connectivity index (χ2n) is 5.96. The smallest absolute Gasteiger partial charge is 0.274 e. The Kier molecular flexibility index (Phi) is 5.80. The van der Waals surface area contributed by atoms with Gasteiger partial charge in [0.1, 0.15) is 11.4 Å². The molecular formula is C19H21N3O4. The van der Waals surface area contributed by atoms with Crippen LogP contribution in [-0.2, 0) is 4.74 Å². The molecule has 1 unspecified atom stereocenters. The van der Waals surface area contributed by atoms with Crippen LogP contribution in [0.2, 0.25) is 0 Å². The molecule has 0 radical (unpaired) electrons. The first-order valence-corrected chi connectivity index (χ1v) is 8.47. The standard InChI is InChI=1S/C19H21N3O4/c1-25-15-5-2-4-14(11-15)22-19(24)17-10-13(7-8-20-17)18(23)21-12-16-6-3-9-26-16/h2,4-5,7-8,10-11,16H,3,6,9,12H2,1H3,(H,21,23)(H,22,24). The summed E-state index contributed by atoms with van der Waals surface area (Å²) in [4.78, 5) is 28.7. The zero-order chi connectivity index (χ0) is 18.4. The van der Waals surface area contributed by atoms with Gasteiger partial charge in [-0.3, -0.25) is 14.6 Å². The number of carbonyl (C=O) groups is 2. The van der Waals surface area contributed by atoms with Crippen molar-refractivity contribution in [2.24, 2.45) is 0 Å². The maximum Gasteiger partial charge on any atom is 0.274 e. The number of aromatic nitrogens is 1. The highest BCUT2D eigenvalue weighted by atomic mass is 16.5. The van der Waals surface area contributed by atoms with Crippen LogP contribution >= 0.6 is 0 Å². The third kappa shape index (κ3) is 4.58. The average Bonchev–Trinajstić information content (AvgIpc) is 3.20. The van der Waals surface area contributed by atoms with E-state index in [4.69, 9.17) is 9.47 Å². The molecule has 1 atom stereocenters. The summed E-state index contributed by atoms with van der Waals surface area (Å²) in [6, 6.07) is 10.1. The van der Waals surface area contributed by atoms with E-state index in [0.29, 0.717) is 23.5 Å². The molecule has 0 bridgehead atoms. The average molecular weight is 355 g/mol. The molecule has 1 saturated heterocycles. The van der Waals surface area contributed by atoms with Crippen LogP contribution in [0.3, 0.4) is 0 Å². The minimum Gasteiger partial charge on any atom is -0.497 e. The molecule has 2 heterocycles. The van der Waals surface area contributed by atoms with Crippen LogP contribution in [0.4, 0.5) is 5.69 Å². The number of methoxy groups -OCH3 is 1. The van der Waals surface area contributed by atoms with E-state index in [1.165, 1.54) is 12.3 Å². The van der Waals surface area contributed by atoms with Crippen molar-refractivity contribution < 1.29 is 19.1 Å². The number of nitrogens with one attached hydrogen (secondary N) is 2. The fraction of sp³-hybridized carbons (Fsp3) is 0.316. The van der Waals surface area contributed by atoms with Crippen molar-refractivity contribution >= 4 is 17.5 Å². The fourth-order valence-electron chi connectivity index (χ4n) is 2.71. The van der Waals surface area contributed by atoms with Crippen LogP contribution in [0.15, 0.2) is 42.6 Å². The van der Waals surface area contributed by atoms with Crippen molar-refractivity contribution in [3.63, 3.8) is 0 Å². The molecular weight excluding hydrogens is 334 g/mol. The highest BCUT2D eigenvalue weighted by molar-refractivity contribution is 6.04. The number of hydrogen-bond donors (Lipinski definition) is 2. The van der Waals surface area contributed by atoms with E-state index in [-0.39, 0.29) is 17.7 Å². The Labute approximate surface area is 151 Å². The molecule has 2 aromatic rings. The second-order valence-corrected chi connectivity index (χ2v) is 5.96. The van der Waals surface area contributed by atoms with E-state index in [2.05, 4.69) is 15.6 Å². The van der Waals surface area contributed by atoms with E-state index in [1.807, 2.05) is 0 Å². The lowest BCUT2D eigenvalue weighted by Crippen LogP contribution is -2.32. The lowest BCUT2D eigenvalue weighted by atomic mass is 10.2. The van der Waals surface area contributed by atoms with Crippen molar-refractivity contribution in [3.05, 3.63) is 53.9 Å². The lowest BCUT2D eigenvalue weighted by Gasteiger charge is -2.11. The topological polar surface area (TPSA) is 89.5 Å². The number of amides is 2. The number of pyridine rings is 1. The Morgan fingerprint density at radius 2 is 2.15 bits per heavy atom. The lowest BCUT2D eigenvalue weighted by molar-refractivity contribution is 0.0857. The zero-order valence-electron chi connectivity index (χ0n) is 14.5. The number of hydrogen-bond acceptors (Lipinski definition) is 5. The van der Waals surface area contributed by atoms with Gasteiger partial charge >= 0.3 is 0 Å². The first-order valence-electron chi connectivity index (χ1n) is 8.47. The molecule has 2 amide bonds. The van der Waals surface area contributed by atoms with Gasteiger partial charge in [-0.15, -0.1) is 0 Å². The van der Waals surface area contributed by atoms with Gasteiger partial charge in [-0.2, -0.15) is 0 Å². The van der Waals surface area contributed by atoms with Gasteiger partial charge < -0.3 is 20.1 Å². The van der Waals surface area contributed by atoms with Gasteiger partial charge in [0, 0.05) is 36.7 Å². The molecule has 1 aliphatic heterocycles. The number of carbonyl (C=O) groups excluding carboxylic acids is 2. The van der Waals surface area contributed by atoms with Crippen LogP contribution in [0.5, 0.6) is 5.75 Å². The van der Waals surface area contributed by atoms with Crippen molar-refractivity contribution in [3.8, 4) is 5.75 Å². The molecule has 2 N–H and O–H groups in total. The van der Waals surface area contributed by atoms with E-state index in [0.717, 1.165) is 19.4 Å². The fourth-order valence-corrected chi connectivity index (χ4v) is 2.71. The summed E-state index contributed by atoms with van der Waals surface area (Å²) in [5, 5.41) is 5.57. The Balaban J connectivity index is 1.63. The van der Waals surface area contributed by atoms with E-state index in [1.54, 1.807) is 37.4 Å². The number of rotatable bonds is 6. The number of benzene rings is 1. The molecule has 26 heavy (non-hydrogen) atoms. The Morgan fingerprint density at radius 1 is 1.27 bits per heavy atom. The summed E-state index contributed by atoms with van der Waals surface area (Å²) in [6.07, 6.45) is 3.48. The van der Waals surface area contributed by atoms with Crippen LogP contribution in [-0.4, -0.2) is 43.2 Å². The maximum atomic E-state index is 12.4. The molecule has 0 aliphatic carbocycles. The summed E-state index contributed by atoms with van der Waals surface area (Å²) in [5.74, 6) is -0.0108. The van der Waals surface area contributed by atoms with E-state index in [9.17, 15) is 9.59 Å². The number of anilines is 1. The molecule has 136 valence electrons. The summed E-state index contributed by atoms with van der Waals surface area (Å²) in [6.45, 7) is 1.21. The van der Waals surface area contributed by atoms with Gasteiger partial charge in [0.25, 0.3) is 11.8 Å². The molecule has 1 fully saturated rings. The van der Waals surface area contributed by atoms with Crippen molar-refractivity contribution in [1.29, 1.82) is 0 Å². The maximum absolute atomic E-state index is 12.4. The predicted molar refractivity (Wildman–Crippen MR) is 96.5 cm³/mol. The summed E-state index contributed by atoms with van der Waals surface area (Å²) >= 11 is 0. The Bertz CT molecular complexity index is 788. The van der Waals surface area contributed by atoms with Crippen molar-refractivity contribution in [2.45, 2.75) is 18.9 Å². The minimum atomic E-state index is -0.396. The monoisotopic (exact) mass is 355 g/mol. The molecule has 3 rings (SSSR count). The van der Waals surface area contributed by atoms with Gasteiger partial charge in [-0.05, 0) is 37.1 Å². The highest BCUT2D eigenvalue weighted by Gasteiger charge is 2.17. The second kappa shape index (κ2) is 8.44. The van der Waals surface area contributed by atoms with Gasteiger partial charge in [-0.25, -0.2) is 0 Å². The third-order valence-electron chi connectivity index (χ3n) is 4.10. The molecule has 1 aromatic heterocycles. The highest BCUT2D eigenvalue weighted by Crippen LogP contribution is 2.17. The summed E-state index contributed by atoms with van der Waals surface area (Å²) in [7, 11) is 1.56. The van der Waals surface area contributed by atoms with E-state index >= 15 is 0 Å². The SMILES string of the molecule is COc1cccc(NC(=O)c2cc(C(=O)NCC3CCCO3)ccn2)c1. The first kappa shape index (κ1) is 17.9. The summed E-state index contributed by atoms with van der Waals surface area (Å²) in [5.41, 5.74) is 1.13. The molecule has 1 aliphatic rings. The van der Waals surface area contributed by atoms with Crippen LogP contribution < -0.4 is 15.4 Å². The van der Waals surface area contributed by atoms with Gasteiger partial charge in [-0.1, -0.05) is 6.07 Å². The van der Waals surface area contributed by atoms with E-state index < -0.39 is 5.91 Å². The first-order chi connectivity index (χ1) is 12.7.